The van der Waals surface area contributed by atoms with Gasteiger partial charge in [0.05, 0.1) is 10.6 Å². The number of aryl methyl sites for hydroxylation is 1. The van der Waals surface area contributed by atoms with Crippen LogP contribution < -0.4 is 10.0 Å². The fourth-order valence-electron chi connectivity index (χ4n) is 3.60. The summed E-state index contributed by atoms with van der Waals surface area (Å²) in [6.45, 7) is 3.21. The molecule has 3 heterocycles. The van der Waals surface area contributed by atoms with Crippen LogP contribution in [-0.4, -0.2) is 48.5 Å². The second-order valence-electron chi connectivity index (χ2n) is 7.71. The number of thioether (sulfide) groups is 1. The van der Waals surface area contributed by atoms with Crippen LogP contribution >= 0.6 is 11.8 Å². The number of nitrogens with one attached hydrogen (secondary N) is 2. The Bertz CT molecular complexity index is 1090. The number of benzene rings is 1. The minimum atomic E-state index is -3.88. The monoisotopic (exact) mass is 460 g/mol. The van der Waals surface area contributed by atoms with Gasteiger partial charge in [-0.1, -0.05) is 18.9 Å². The van der Waals surface area contributed by atoms with Crippen molar-refractivity contribution in [3.8, 4) is 0 Å². The minimum absolute atomic E-state index is 0.00631. The van der Waals surface area contributed by atoms with Crippen LogP contribution in [0, 0.1) is 6.92 Å². The van der Waals surface area contributed by atoms with E-state index >= 15 is 0 Å². The number of aromatic nitrogens is 1. The summed E-state index contributed by atoms with van der Waals surface area (Å²) < 4.78 is 27.9. The summed E-state index contributed by atoms with van der Waals surface area (Å²) in [5.41, 5.74) is 1.30. The summed E-state index contributed by atoms with van der Waals surface area (Å²) in [6.07, 6.45) is 5.67. The molecule has 1 atom stereocenters. The Labute approximate surface area is 185 Å². The van der Waals surface area contributed by atoms with Crippen molar-refractivity contribution in [2.24, 2.45) is 0 Å². The van der Waals surface area contributed by atoms with Crippen LogP contribution in [0.15, 0.2) is 46.3 Å². The maximum absolute atomic E-state index is 12.9. The molecule has 2 aliphatic heterocycles. The van der Waals surface area contributed by atoms with E-state index < -0.39 is 21.2 Å². The number of hydrogen-bond donors (Lipinski definition) is 2. The lowest BCUT2D eigenvalue weighted by Gasteiger charge is -2.28. The van der Waals surface area contributed by atoms with E-state index in [1.165, 1.54) is 23.9 Å². The first-order valence-electron chi connectivity index (χ1n) is 10.2. The maximum atomic E-state index is 12.9. The summed E-state index contributed by atoms with van der Waals surface area (Å²) in [7, 11) is -3.88. The van der Waals surface area contributed by atoms with E-state index in [1.807, 2.05) is 6.92 Å². The molecule has 1 saturated heterocycles. The molecule has 4 rings (SSSR count). The quantitative estimate of drug-likeness (QED) is 0.679. The van der Waals surface area contributed by atoms with Crippen LogP contribution in [0.4, 0.5) is 11.5 Å². The highest BCUT2D eigenvalue weighted by atomic mass is 32.2. The number of carbonyl (C=O) groups excluding carboxylic acids is 2. The number of amides is 2. The molecule has 0 spiro atoms. The third-order valence-electron chi connectivity index (χ3n) is 5.29. The molecule has 2 aromatic rings. The van der Waals surface area contributed by atoms with Gasteiger partial charge in [-0.25, -0.2) is 13.4 Å². The van der Waals surface area contributed by atoms with E-state index in [9.17, 15) is 18.0 Å². The Morgan fingerprint density at radius 3 is 2.58 bits per heavy atom. The predicted octanol–water partition coefficient (Wildman–Crippen LogP) is 3.01. The summed E-state index contributed by atoms with van der Waals surface area (Å²) in [6, 6.07) is 7.84. The van der Waals surface area contributed by atoms with Crippen molar-refractivity contribution >= 4 is 45.1 Å². The minimum Gasteiger partial charge on any atom is -0.341 e. The maximum Gasteiger partial charge on any atom is 0.263 e. The molecular weight excluding hydrogens is 436 g/mol. The number of fused-ring (bicyclic) bond motifs is 1. The van der Waals surface area contributed by atoms with E-state index in [0.717, 1.165) is 31.2 Å². The molecule has 0 radical (unpaired) electrons. The highest BCUT2D eigenvalue weighted by Gasteiger charge is 2.36. The lowest BCUT2D eigenvalue weighted by molar-refractivity contribution is -0.133. The van der Waals surface area contributed by atoms with Crippen molar-refractivity contribution in [3.63, 3.8) is 0 Å². The second-order valence-corrected chi connectivity index (χ2v) is 10.5. The predicted molar refractivity (Wildman–Crippen MR) is 120 cm³/mol. The van der Waals surface area contributed by atoms with Crippen LogP contribution in [0.25, 0.3) is 0 Å². The van der Waals surface area contributed by atoms with Gasteiger partial charge in [0.25, 0.3) is 10.0 Å². The highest BCUT2D eigenvalue weighted by molar-refractivity contribution is 8.01. The van der Waals surface area contributed by atoms with Crippen molar-refractivity contribution in [1.29, 1.82) is 0 Å². The van der Waals surface area contributed by atoms with Gasteiger partial charge in [-0.3, -0.25) is 14.3 Å². The SMILES string of the molecule is Cc1ccc(NS(=O)(=O)c2ccc3c(c2)NC(=O)[C@H](C(=O)N2CCCCCC2)S3)nc1. The molecule has 1 fully saturated rings. The molecule has 0 saturated carbocycles. The number of sulfonamides is 1. The van der Waals surface area contributed by atoms with Gasteiger partial charge in [-0.2, -0.15) is 0 Å². The van der Waals surface area contributed by atoms with Gasteiger partial charge in [0, 0.05) is 24.2 Å². The van der Waals surface area contributed by atoms with Crippen molar-refractivity contribution < 1.29 is 18.0 Å². The molecule has 164 valence electrons. The molecule has 0 bridgehead atoms. The van der Waals surface area contributed by atoms with Gasteiger partial charge in [-0.15, -0.1) is 11.8 Å². The zero-order valence-electron chi connectivity index (χ0n) is 17.1. The molecule has 0 aliphatic carbocycles. The number of hydrogen-bond acceptors (Lipinski definition) is 6. The molecule has 31 heavy (non-hydrogen) atoms. The van der Waals surface area contributed by atoms with E-state index in [4.69, 9.17) is 0 Å². The summed E-state index contributed by atoms with van der Waals surface area (Å²) in [5, 5.41) is 1.86. The Morgan fingerprint density at radius 2 is 1.90 bits per heavy atom. The van der Waals surface area contributed by atoms with Crippen LogP contribution in [0.5, 0.6) is 0 Å². The van der Waals surface area contributed by atoms with Crippen molar-refractivity contribution in [1.82, 2.24) is 9.88 Å². The Hall–Kier alpha value is -2.59. The number of likely N-dealkylation sites (tertiary alicyclic amines) is 1. The first-order chi connectivity index (χ1) is 14.8. The molecule has 8 nitrogen and oxygen atoms in total. The van der Waals surface area contributed by atoms with E-state index in [-0.39, 0.29) is 16.6 Å². The van der Waals surface area contributed by atoms with Crippen molar-refractivity contribution in [2.45, 2.75) is 47.6 Å². The molecule has 2 N–H and O–H groups in total. The van der Waals surface area contributed by atoms with Crippen molar-refractivity contribution in [3.05, 3.63) is 42.1 Å². The molecular formula is C21H24N4O4S2. The third-order valence-corrected chi connectivity index (χ3v) is 7.91. The second kappa shape index (κ2) is 8.88. The van der Waals surface area contributed by atoms with Crippen LogP contribution in [0.2, 0.25) is 0 Å². The van der Waals surface area contributed by atoms with Crippen LogP contribution in [0.3, 0.4) is 0 Å². The number of nitrogens with zero attached hydrogens (tertiary/aromatic N) is 2. The molecule has 2 amide bonds. The highest BCUT2D eigenvalue weighted by Crippen LogP contribution is 2.38. The summed E-state index contributed by atoms with van der Waals surface area (Å²) in [4.78, 5) is 32.1. The lowest BCUT2D eigenvalue weighted by atomic mass is 10.2. The molecule has 1 aromatic carbocycles. The number of rotatable bonds is 4. The average molecular weight is 461 g/mol. The van der Waals surface area contributed by atoms with E-state index in [1.54, 1.807) is 29.3 Å². The third kappa shape index (κ3) is 4.85. The van der Waals surface area contributed by atoms with E-state index in [2.05, 4.69) is 15.0 Å². The van der Waals surface area contributed by atoms with Gasteiger partial charge < -0.3 is 10.2 Å². The summed E-state index contributed by atoms with van der Waals surface area (Å²) in [5.74, 6) is -0.391. The first-order valence-corrected chi connectivity index (χ1v) is 12.6. The summed E-state index contributed by atoms with van der Waals surface area (Å²) >= 11 is 1.17. The largest absolute Gasteiger partial charge is 0.341 e. The Kier molecular flexibility index (Phi) is 6.19. The van der Waals surface area contributed by atoms with Gasteiger partial charge >= 0.3 is 0 Å². The fourth-order valence-corrected chi connectivity index (χ4v) is 5.69. The van der Waals surface area contributed by atoms with Crippen molar-refractivity contribution in [2.75, 3.05) is 23.1 Å². The smallest absolute Gasteiger partial charge is 0.263 e. The van der Waals surface area contributed by atoms with Gasteiger partial charge in [0.1, 0.15) is 5.82 Å². The average Bonchev–Trinajstić information content (AvgIpc) is 3.03. The van der Waals surface area contributed by atoms with Gasteiger partial charge in [0.15, 0.2) is 5.25 Å². The molecule has 1 aromatic heterocycles. The topological polar surface area (TPSA) is 108 Å². The number of carbonyl (C=O) groups is 2. The zero-order valence-corrected chi connectivity index (χ0v) is 18.8. The zero-order chi connectivity index (χ0) is 22.0. The van der Waals surface area contributed by atoms with Crippen LogP contribution in [0.1, 0.15) is 31.2 Å². The number of anilines is 2. The van der Waals surface area contributed by atoms with Crippen LogP contribution in [-0.2, 0) is 19.6 Å². The lowest BCUT2D eigenvalue weighted by Crippen LogP contribution is -2.45. The van der Waals surface area contributed by atoms with E-state index in [0.29, 0.717) is 23.7 Å². The number of pyridine rings is 1. The molecule has 10 heteroatoms. The Balaban J connectivity index is 1.52. The molecule has 2 aliphatic rings. The normalized spacial score (nSPS) is 19.2. The first kappa shape index (κ1) is 21.6. The Morgan fingerprint density at radius 1 is 1.16 bits per heavy atom. The van der Waals surface area contributed by atoms with Gasteiger partial charge in [-0.05, 0) is 49.6 Å². The fraction of sp³-hybridized carbons (Fsp3) is 0.381. The standard InChI is InChI=1S/C21H24N4O4S2/c1-14-6-9-18(22-13-14)24-31(28,29)15-7-8-17-16(12-15)23-20(26)19(30-17)21(27)25-10-4-2-3-5-11-25/h6-9,12-13,19H,2-5,10-11H2,1H3,(H,22,24)(H,23,26)/t19-/m1/s1. The molecule has 0 unspecified atom stereocenters. The van der Waals surface area contributed by atoms with Gasteiger partial charge in [0.2, 0.25) is 11.8 Å².